The summed E-state index contributed by atoms with van der Waals surface area (Å²) in [6.45, 7) is 4.36. The maximum Gasteiger partial charge on any atom is 0.227 e. The second-order valence-corrected chi connectivity index (χ2v) is 5.05. The van der Waals surface area contributed by atoms with Gasteiger partial charge in [-0.15, -0.1) is 0 Å². The minimum absolute atomic E-state index is 0.175. The second-order valence-electron chi connectivity index (χ2n) is 5.05. The minimum Gasteiger partial charge on any atom is -0.493 e. The fourth-order valence-corrected chi connectivity index (χ4v) is 1.97. The molecule has 0 aliphatic rings. The number of anilines is 1. The highest BCUT2D eigenvalue weighted by atomic mass is 16.5. The molecule has 0 fully saturated rings. The summed E-state index contributed by atoms with van der Waals surface area (Å²) in [5.74, 6) is 0.583. The van der Waals surface area contributed by atoms with Crippen molar-refractivity contribution in [1.82, 2.24) is 0 Å². The van der Waals surface area contributed by atoms with Gasteiger partial charge in [-0.05, 0) is 49.2 Å². The van der Waals surface area contributed by atoms with Gasteiger partial charge in [0.15, 0.2) is 0 Å². The van der Waals surface area contributed by atoms with E-state index in [9.17, 15) is 4.79 Å². The first kappa shape index (κ1) is 15.6. The molecule has 0 saturated heterocycles. The molecule has 2 aromatic carbocycles. The number of para-hydroxylation sites is 1. The summed E-state index contributed by atoms with van der Waals surface area (Å²) in [5.41, 5.74) is 3.34. The maximum atomic E-state index is 11.9. The molecule has 0 bridgehead atoms. The number of benzene rings is 2. The molecule has 0 heterocycles. The molecule has 0 spiro atoms. The van der Waals surface area contributed by atoms with Crippen LogP contribution >= 0.6 is 0 Å². The van der Waals surface area contributed by atoms with E-state index in [1.807, 2.05) is 38.1 Å². The number of hydrogen-bond acceptors (Lipinski definition) is 3. The van der Waals surface area contributed by atoms with Gasteiger partial charge in [0.1, 0.15) is 11.8 Å². The Morgan fingerprint density at radius 1 is 1.18 bits per heavy atom. The molecular weight excluding hydrogens is 276 g/mol. The molecule has 22 heavy (non-hydrogen) atoms. The summed E-state index contributed by atoms with van der Waals surface area (Å²) in [4.78, 5) is 11.9. The van der Waals surface area contributed by atoms with E-state index in [4.69, 9.17) is 10.00 Å². The Morgan fingerprint density at radius 2 is 1.95 bits per heavy atom. The first-order valence-corrected chi connectivity index (χ1v) is 7.09. The first-order valence-electron chi connectivity index (χ1n) is 7.09. The van der Waals surface area contributed by atoms with Crippen LogP contribution < -0.4 is 10.1 Å². The van der Waals surface area contributed by atoms with Crippen molar-refractivity contribution >= 4 is 11.6 Å². The Balaban J connectivity index is 1.85. The Morgan fingerprint density at radius 3 is 2.68 bits per heavy atom. The summed E-state index contributed by atoms with van der Waals surface area (Å²) in [6.07, 6.45) is 0.229. The Labute approximate surface area is 130 Å². The predicted molar refractivity (Wildman–Crippen MR) is 85.8 cm³/mol. The minimum atomic E-state index is -0.175. The fourth-order valence-electron chi connectivity index (χ4n) is 1.97. The lowest BCUT2D eigenvalue weighted by atomic mass is 10.1. The van der Waals surface area contributed by atoms with E-state index >= 15 is 0 Å². The van der Waals surface area contributed by atoms with Crippen LogP contribution in [-0.4, -0.2) is 12.5 Å². The average molecular weight is 294 g/mol. The van der Waals surface area contributed by atoms with E-state index in [0.717, 1.165) is 11.3 Å². The van der Waals surface area contributed by atoms with Crippen LogP contribution in [0.4, 0.5) is 5.69 Å². The number of hydrogen-bond donors (Lipinski definition) is 1. The van der Waals surface area contributed by atoms with Crippen LogP contribution in [0.5, 0.6) is 5.75 Å². The summed E-state index contributed by atoms with van der Waals surface area (Å²) in [7, 11) is 0. The molecule has 1 amide bonds. The largest absolute Gasteiger partial charge is 0.493 e. The second kappa shape index (κ2) is 7.28. The van der Waals surface area contributed by atoms with Gasteiger partial charge in [0.2, 0.25) is 5.91 Å². The predicted octanol–water partition coefficient (Wildman–Crippen LogP) is 3.58. The number of rotatable bonds is 5. The number of nitrogens with one attached hydrogen (secondary N) is 1. The van der Waals surface area contributed by atoms with Crippen molar-refractivity contribution in [2.75, 3.05) is 11.9 Å². The molecular formula is C18H18N2O2. The third-order valence-corrected chi connectivity index (χ3v) is 3.40. The van der Waals surface area contributed by atoms with Gasteiger partial charge in [-0.3, -0.25) is 4.79 Å². The van der Waals surface area contributed by atoms with E-state index in [2.05, 4.69) is 5.32 Å². The Bertz CT molecular complexity index is 717. The number of nitrogens with zero attached hydrogens (tertiary/aromatic N) is 1. The van der Waals surface area contributed by atoms with E-state index in [0.29, 0.717) is 17.9 Å². The third-order valence-electron chi connectivity index (χ3n) is 3.40. The van der Waals surface area contributed by atoms with Crippen molar-refractivity contribution in [1.29, 1.82) is 5.26 Å². The van der Waals surface area contributed by atoms with E-state index in [1.54, 1.807) is 24.3 Å². The third kappa shape index (κ3) is 4.10. The van der Waals surface area contributed by atoms with Crippen molar-refractivity contribution in [2.24, 2.45) is 0 Å². The Kier molecular flexibility index (Phi) is 5.16. The number of nitriles is 1. The Hall–Kier alpha value is -2.80. The van der Waals surface area contributed by atoms with Crippen LogP contribution in [0.1, 0.15) is 23.1 Å². The zero-order valence-corrected chi connectivity index (χ0v) is 12.7. The SMILES string of the molecule is Cc1ccc(OCCC(=O)Nc2ccccc2C#N)cc1C. The molecule has 0 unspecified atom stereocenters. The van der Waals surface area contributed by atoms with Crippen molar-refractivity contribution < 1.29 is 9.53 Å². The first-order chi connectivity index (χ1) is 10.6. The maximum absolute atomic E-state index is 11.9. The van der Waals surface area contributed by atoms with Gasteiger partial charge in [-0.1, -0.05) is 18.2 Å². The molecule has 2 aromatic rings. The smallest absolute Gasteiger partial charge is 0.227 e. The number of carbonyl (C=O) groups is 1. The van der Waals surface area contributed by atoms with Crippen LogP contribution in [0.25, 0.3) is 0 Å². The molecule has 0 atom stereocenters. The molecule has 0 saturated carbocycles. The van der Waals surface area contributed by atoms with Gasteiger partial charge in [0.05, 0.1) is 24.3 Å². The number of carbonyl (C=O) groups excluding carboxylic acids is 1. The molecule has 1 N–H and O–H groups in total. The van der Waals surface area contributed by atoms with Crippen molar-refractivity contribution in [3.63, 3.8) is 0 Å². The summed E-state index contributed by atoms with van der Waals surface area (Å²) in [6, 6.07) is 14.8. The van der Waals surface area contributed by atoms with Crippen LogP contribution in [0.15, 0.2) is 42.5 Å². The van der Waals surface area contributed by atoms with Gasteiger partial charge >= 0.3 is 0 Å². The molecule has 0 aromatic heterocycles. The van der Waals surface area contributed by atoms with Gasteiger partial charge < -0.3 is 10.1 Å². The summed E-state index contributed by atoms with van der Waals surface area (Å²) >= 11 is 0. The standard InChI is InChI=1S/C18H18N2O2/c1-13-7-8-16(11-14(13)2)22-10-9-18(21)20-17-6-4-3-5-15(17)12-19/h3-8,11H,9-10H2,1-2H3,(H,20,21). The molecule has 2 rings (SSSR count). The lowest BCUT2D eigenvalue weighted by Gasteiger charge is -2.09. The van der Waals surface area contributed by atoms with Crippen LogP contribution in [0.3, 0.4) is 0 Å². The quantitative estimate of drug-likeness (QED) is 0.916. The molecule has 0 radical (unpaired) electrons. The zero-order valence-electron chi connectivity index (χ0n) is 12.7. The molecule has 4 nitrogen and oxygen atoms in total. The van der Waals surface area contributed by atoms with Crippen molar-refractivity contribution in [3.8, 4) is 11.8 Å². The molecule has 112 valence electrons. The van der Waals surface area contributed by atoms with Crippen LogP contribution in [0, 0.1) is 25.2 Å². The molecule has 0 aliphatic carbocycles. The van der Waals surface area contributed by atoms with Crippen molar-refractivity contribution in [2.45, 2.75) is 20.3 Å². The highest BCUT2D eigenvalue weighted by Crippen LogP contribution is 2.17. The van der Waals surface area contributed by atoms with Gasteiger partial charge in [-0.2, -0.15) is 5.26 Å². The fraction of sp³-hybridized carbons (Fsp3) is 0.222. The highest BCUT2D eigenvalue weighted by molar-refractivity contribution is 5.92. The number of amides is 1. The lowest BCUT2D eigenvalue weighted by Crippen LogP contribution is -2.15. The number of aryl methyl sites for hydroxylation is 2. The lowest BCUT2D eigenvalue weighted by molar-refractivity contribution is -0.116. The zero-order chi connectivity index (χ0) is 15.9. The van der Waals surface area contributed by atoms with Crippen LogP contribution in [-0.2, 0) is 4.79 Å². The average Bonchev–Trinajstić information content (AvgIpc) is 2.51. The summed E-state index contributed by atoms with van der Waals surface area (Å²) < 4.78 is 5.58. The van der Waals surface area contributed by atoms with Crippen molar-refractivity contribution in [3.05, 3.63) is 59.2 Å². The number of ether oxygens (including phenoxy) is 1. The molecule has 4 heteroatoms. The topological polar surface area (TPSA) is 62.1 Å². The summed E-state index contributed by atoms with van der Waals surface area (Å²) in [5, 5.41) is 11.7. The van der Waals surface area contributed by atoms with Gasteiger partial charge in [0.25, 0.3) is 0 Å². The van der Waals surface area contributed by atoms with E-state index < -0.39 is 0 Å². The monoisotopic (exact) mass is 294 g/mol. The molecule has 0 aliphatic heterocycles. The normalized spacial score (nSPS) is 9.86. The van der Waals surface area contributed by atoms with Gasteiger partial charge in [-0.25, -0.2) is 0 Å². The van der Waals surface area contributed by atoms with E-state index in [-0.39, 0.29) is 12.3 Å². The van der Waals surface area contributed by atoms with Crippen LogP contribution in [0.2, 0.25) is 0 Å². The van der Waals surface area contributed by atoms with E-state index in [1.165, 1.54) is 5.56 Å². The highest BCUT2D eigenvalue weighted by Gasteiger charge is 2.06. The van der Waals surface area contributed by atoms with Gasteiger partial charge in [0, 0.05) is 0 Å².